The number of benzene rings is 1. The molecule has 1 N–H and O–H groups in total. The highest BCUT2D eigenvalue weighted by molar-refractivity contribution is 7.99. The molecule has 31 heavy (non-hydrogen) atoms. The normalized spacial score (nSPS) is 15.1. The molecule has 1 saturated heterocycles. The molecule has 0 bridgehead atoms. The summed E-state index contributed by atoms with van der Waals surface area (Å²) >= 11 is 1.22. The summed E-state index contributed by atoms with van der Waals surface area (Å²) in [6.45, 7) is 1.37. The molecular weight excluding hydrogens is 442 g/mol. The van der Waals surface area contributed by atoms with E-state index < -0.39 is 10.0 Å². The summed E-state index contributed by atoms with van der Waals surface area (Å²) in [5.74, 6) is 0.955. The third-order valence-electron chi connectivity index (χ3n) is 4.63. The van der Waals surface area contributed by atoms with Gasteiger partial charge in [-0.05, 0) is 30.3 Å². The Hall–Kier alpha value is -2.67. The molecule has 1 aromatic carbocycles. The van der Waals surface area contributed by atoms with Gasteiger partial charge in [0.15, 0.2) is 16.7 Å². The van der Waals surface area contributed by atoms with E-state index in [-0.39, 0.29) is 16.6 Å². The molecule has 4 rings (SSSR count). The van der Waals surface area contributed by atoms with E-state index in [1.165, 1.54) is 28.2 Å². The van der Waals surface area contributed by atoms with Crippen LogP contribution in [0, 0.1) is 0 Å². The van der Waals surface area contributed by atoms with E-state index in [9.17, 15) is 13.2 Å². The molecule has 164 valence electrons. The SMILES string of the molecule is Cn1c(SCC(=O)Nc2cccc(S(=O)(=O)N3CCOCC3)c2)nnc1-c1ccco1. The molecule has 0 unspecified atom stereocenters. The van der Waals surface area contributed by atoms with Crippen LogP contribution in [0.1, 0.15) is 0 Å². The van der Waals surface area contributed by atoms with Gasteiger partial charge in [0.05, 0.1) is 30.1 Å². The summed E-state index contributed by atoms with van der Waals surface area (Å²) in [6, 6.07) is 9.78. The van der Waals surface area contributed by atoms with E-state index in [4.69, 9.17) is 9.15 Å². The number of furan rings is 1. The van der Waals surface area contributed by atoms with Crippen LogP contribution in [-0.2, 0) is 26.6 Å². The number of carbonyl (C=O) groups is 1. The Morgan fingerprint density at radius 1 is 1.19 bits per heavy atom. The molecule has 0 saturated carbocycles. The molecular formula is C19H21N5O5S2. The van der Waals surface area contributed by atoms with Crippen molar-refractivity contribution < 1.29 is 22.4 Å². The van der Waals surface area contributed by atoms with Gasteiger partial charge in [-0.3, -0.25) is 4.79 Å². The highest BCUT2D eigenvalue weighted by atomic mass is 32.2. The quantitative estimate of drug-likeness (QED) is 0.527. The van der Waals surface area contributed by atoms with Crippen molar-refractivity contribution in [3.05, 3.63) is 42.7 Å². The second-order valence-electron chi connectivity index (χ2n) is 6.72. The minimum Gasteiger partial charge on any atom is -0.461 e. The summed E-state index contributed by atoms with van der Waals surface area (Å²) < 4.78 is 39.3. The van der Waals surface area contributed by atoms with Gasteiger partial charge in [0, 0.05) is 25.8 Å². The first-order chi connectivity index (χ1) is 14.9. The lowest BCUT2D eigenvalue weighted by Crippen LogP contribution is -2.40. The van der Waals surface area contributed by atoms with E-state index in [1.54, 1.807) is 42.1 Å². The van der Waals surface area contributed by atoms with Crippen molar-refractivity contribution in [2.24, 2.45) is 7.05 Å². The predicted octanol–water partition coefficient (Wildman–Crippen LogP) is 1.83. The van der Waals surface area contributed by atoms with Crippen LogP contribution in [0.15, 0.2) is 57.1 Å². The van der Waals surface area contributed by atoms with Crippen LogP contribution >= 0.6 is 11.8 Å². The fourth-order valence-corrected chi connectivity index (χ4v) is 5.22. The largest absolute Gasteiger partial charge is 0.461 e. The van der Waals surface area contributed by atoms with Crippen molar-refractivity contribution in [3.8, 4) is 11.6 Å². The number of aromatic nitrogens is 3. The summed E-state index contributed by atoms with van der Waals surface area (Å²) in [5.41, 5.74) is 0.411. The van der Waals surface area contributed by atoms with Gasteiger partial charge in [0.2, 0.25) is 15.9 Å². The van der Waals surface area contributed by atoms with Crippen LogP contribution in [0.2, 0.25) is 0 Å². The Balaban J connectivity index is 1.39. The van der Waals surface area contributed by atoms with Gasteiger partial charge in [0.1, 0.15) is 0 Å². The average Bonchev–Trinajstić information content (AvgIpc) is 3.43. The Morgan fingerprint density at radius 2 is 2.00 bits per heavy atom. The summed E-state index contributed by atoms with van der Waals surface area (Å²) in [6.07, 6.45) is 1.55. The molecule has 0 spiro atoms. The minimum atomic E-state index is -3.63. The molecule has 1 fully saturated rings. The summed E-state index contributed by atoms with van der Waals surface area (Å²) in [7, 11) is -1.84. The molecule has 0 aliphatic carbocycles. The molecule has 1 aliphatic rings. The molecule has 0 radical (unpaired) electrons. The lowest BCUT2D eigenvalue weighted by atomic mass is 10.3. The van der Waals surface area contributed by atoms with Crippen molar-refractivity contribution in [1.29, 1.82) is 0 Å². The lowest BCUT2D eigenvalue weighted by molar-refractivity contribution is -0.113. The molecule has 1 aliphatic heterocycles. The molecule has 3 heterocycles. The van der Waals surface area contributed by atoms with Gasteiger partial charge >= 0.3 is 0 Å². The van der Waals surface area contributed by atoms with E-state index in [0.717, 1.165) is 0 Å². The molecule has 1 amide bonds. The third-order valence-corrected chi connectivity index (χ3v) is 7.55. The smallest absolute Gasteiger partial charge is 0.243 e. The van der Waals surface area contributed by atoms with Crippen LogP contribution in [0.4, 0.5) is 5.69 Å². The predicted molar refractivity (Wildman–Crippen MR) is 114 cm³/mol. The van der Waals surface area contributed by atoms with Gasteiger partial charge in [-0.1, -0.05) is 17.8 Å². The number of hydrogen-bond donors (Lipinski definition) is 1. The Kier molecular flexibility index (Phi) is 6.41. The summed E-state index contributed by atoms with van der Waals surface area (Å²) in [5, 5.41) is 11.5. The van der Waals surface area contributed by atoms with Gasteiger partial charge in [0.25, 0.3) is 0 Å². The zero-order valence-corrected chi connectivity index (χ0v) is 18.4. The second kappa shape index (κ2) is 9.22. The number of morpholine rings is 1. The van der Waals surface area contributed by atoms with Gasteiger partial charge in [-0.25, -0.2) is 8.42 Å². The van der Waals surface area contributed by atoms with E-state index in [0.29, 0.717) is 48.7 Å². The maximum atomic E-state index is 12.8. The molecule has 12 heteroatoms. The number of amides is 1. The number of hydrogen-bond acceptors (Lipinski definition) is 8. The van der Waals surface area contributed by atoms with E-state index in [2.05, 4.69) is 15.5 Å². The van der Waals surface area contributed by atoms with Crippen molar-refractivity contribution in [2.75, 3.05) is 37.4 Å². The second-order valence-corrected chi connectivity index (χ2v) is 9.60. The maximum Gasteiger partial charge on any atom is 0.243 e. The third kappa shape index (κ3) is 4.82. The average molecular weight is 464 g/mol. The molecule has 2 aromatic heterocycles. The van der Waals surface area contributed by atoms with E-state index in [1.807, 2.05) is 0 Å². The topological polar surface area (TPSA) is 120 Å². The fraction of sp³-hybridized carbons (Fsp3) is 0.316. The van der Waals surface area contributed by atoms with Crippen LogP contribution in [0.3, 0.4) is 0 Å². The minimum absolute atomic E-state index is 0.0879. The Bertz CT molecular complexity index is 1150. The zero-order chi connectivity index (χ0) is 21.8. The molecule has 10 nitrogen and oxygen atoms in total. The number of anilines is 1. The highest BCUT2D eigenvalue weighted by Crippen LogP contribution is 2.24. The van der Waals surface area contributed by atoms with Crippen LogP contribution in [0.5, 0.6) is 0 Å². The molecule has 0 atom stereocenters. The number of rotatable bonds is 7. The highest BCUT2D eigenvalue weighted by Gasteiger charge is 2.26. The fourth-order valence-electron chi connectivity index (χ4n) is 3.06. The van der Waals surface area contributed by atoms with Crippen molar-refractivity contribution >= 4 is 33.4 Å². The van der Waals surface area contributed by atoms with Crippen LogP contribution < -0.4 is 5.32 Å². The van der Waals surface area contributed by atoms with Gasteiger partial charge in [-0.15, -0.1) is 10.2 Å². The van der Waals surface area contributed by atoms with Crippen molar-refractivity contribution in [3.63, 3.8) is 0 Å². The standard InChI is InChI=1S/C19H21N5O5S2/c1-23-18(16-6-3-9-29-16)21-22-19(23)30-13-17(25)20-14-4-2-5-15(12-14)31(26,27)24-7-10-28-11-8-24/h2-6,9,12H,7-8,10-11,13H2,1H3,(H,20,25). The van der Waals surface area contributed by atoms with Crippen LogP contribution in [-0.4, -0.2) is 65.5 Å². The Labute approximate surface area is 183 Å². The first kappa shape index (κ1) is 21.6. The van der Waals surface area contributed by atoms with Crippen molar-refractivity contribution in [1.82, 2.24) is 19.1 Å². The van der Waals surface area contributed by atoms with Crippen molar-refractivity contribution in [2.45, 2.75) is 10.1 Å². The summed E-state index contributed by atoms with van der Waals surface area (Å²) in [4.78, 5) is 12.5. The number of nitrogens with one attached hydrogen (secondary N) is 1. The number of carbonyl (C=O) groups excluding carboxylic acids is 1. The van der Waals surface area contributed by atoms with Crippen LogP contribution in [0.25, 0.3) is 11.6 Å². The van der Waals surface area contributed by atoms with Gasteiger partial charge < -0.3 is 19.0 Å². The number of ether oxygens (including phenoxy) is 1. The first-order valence-corrected chi connectivity index (χ1v) is 11.9. The maximum absolute atomic E-state index is 12.8. The Morgan fingerprint density at radius 3 is 2.74 bits per heavy atom. The zero-order valence-electron chi connectivity index (χ0n) is 16.7. The number of thioether (sulfide) groups is 1. The number of nitrogens with zero attached hydrogens (tertiary/aromatic N) is 4. The monoisotopic (exact) mass is 463 g/mol. The van der Waals surface area contributed by atoms with E-state index >= 15 is 0 Å². The first-order valence-electron chi connectivity index (χ1n) is 9.49. The number of sulfonamides is 1. The molecule has 3 aromatic rings. The van der Waals surface area contributed by atoms with Gasteiger partial charge in [-0.2, -0.15) is 4.31 Å². The lowest BCUT2D eigenvalue weighted by Gasteiger charge is -2.26.